The van der Waals surface area contributed by atoms with E-state index in [1.54, 1.807) is 18.2 Å². The highest BCUT2D eigenvalue weighted by molar-refractivity contribution is 7.80. The summed E-state index contributed by atoms with van der Waals surface area (Å²) in [5.41, 5.74) is -0.102. The monoisotopic (exact) mass is 471 g/mol. The van der Waals surface area contributed by atoms with Gasteiger partial charge in [0.25, 0.3) is 0 Å². The van der Waals surface area contributed by atoms with Crippen molar-refractivity contribution in [2.75, 3.05) is 5.32 Å². The Kier molecular flexibility index (Phi) is 9.03. The summed E-state index contributed by atoms with van der Waals surface area (Å²) in [4.78, 5) is 13.6. The second-order valence-corrected chi connectivity index (χ2v) is 11.4. The van der Waals surface area contributed by atoms with Gasteiger partial charge in [0.05, 0.1) is 5.69 Å². The average Bonchev–Trinajstić information content (AvgIpc) is 2.83. The molecule has 0 aromatic heterocycles. The number of rotatable bonds is 6. The molecule has 0 radical (unpaired) electrons. The molecule has 0 saturated heterocycles. The van der Waals surface area contributed by atoms with Gasteiger partial charge in [-0.1, -0.05) is 52.6 Å². The molecule has 2 rings (SSSR count). The Morgan fingerprint density at radius 3 is 2.63 bits per heavy atom. The van der Waals surface area contributed by atoms with Crippen LogP contribution >= 0.6 is 35.4 Å². The minimum atomic E-state index is -0.407. The van der Waals surface area contributed by atoms with Crippen molar-refractivity contribution in [2.45, 2.75) is 84.9 Å². The Bertz CT molecular complexity index is 760. The van der Waals surface area contributed by atoms with Crippen LogP contribution < -0.4 is 10.1 Å². The third kappa shape index (κ3) is 7.10. The summed E-state index contributed by atoms with van der Waals surface area (Å²) in [5.74, 6) is 1.07. The number of halogens is 2. The fourth-order valence-corrected chi connectivity index (χ4v) is 4.23. The van der Waals surface area contributed by atoms with Gasteiger partial charge in [-0.25, -0.2) is 0 Å². The van der Waals surface area contributed by atoms with E-state index < -0.39 is 5.41 Å². The van der Waals surface area contributed by atoms with Gasteiger partial charge in [-0.05, 0) is 68.8 Å². The largest absolute Gasteiger partial charge is 0.447 e. The third-order valence-electron chi connectivity index (χ3n) is 5.80. The molecule has 2 atom stereocenters. The Hall–Kier alpha value is -0.840. The summed E-state index contributed by atoms with van der Waals surface area (Å²) in [6.45, 7) is 10.4. The summed E-state index contributed by atoms with van der Waals surface area (Å²) in [5, 5.41) is 4.29. The quantitative estimate of drug-likeness (QED) is 0.259. The fourth-order valence-electron chi connectivity index (χ4n) is 3.71. The van der Waals surface area contributed by atoms with E-state index in [-0.39, 0.29) is 16.7 Å². The lowest BCUT2D eigenvalue weighted by Gasteiger charge is -2.32. The summed E-state index contributed by atoms with van der Waals surface area (Å²) in [6, 6.07) is 5.25. The van der Waals surface area contributed by atoms with Crippen LogP contribution in [0.5, 0.6) is 5.75 Å². The summed E-state index contributed by atoms with van der Waals surface area (Å²) >= 11 is 18.1. The molecule has 1 aliphatic rings. The molecule has 0 bridgehead atoms. The van der Waals surface area contributed by atoms with Crippen LogP contribution in [0, 0.1) is 16.7 Å². The molecule has 1 unspecified atom stereocenters. The van der Waals surface area contributed by atoms with E-state index in [1.165, 1.54) is 0 Å². The molecule has 6 heteroatoms. The zero-order valence-corrected chi connectivity index (χ0v) is 21.1. The van der Waals surface area contributed by atoms with E-state index in [0.717, 1.165) is 44.9 Å². The van der Waals surface area contributed by atoms with E-state index in [1.807, 2.05) is 20.8 Å². The lowest BCUT2D eigenvalue weighted by molar-refractivity contribution is -0.127. The van der Waals surface area contributed by atoms with Crippen molar-refractivity contribution >= 4 is 52.1 Å². The molecule has 1 aromatic rings. The minimum Gasteiger partial charge on any atom is -0.447 e. The second-order valence-electron chi connectivity index (χ2n) is 9.98. The Morgan fingerprint density at radius 2 is 2.00 bits per heavy atom. The van der Waals surface area contributed by atoms with Crippen molar-refractivity contribution in [2.24, 2.45) is 16.7 Å². The van der Waals surface area contributed by atoms with E-state index in [2.05, 4.69) is 19.2 Å². The van der Waals surface area contributed by atoms with Gasteiger partial charge in [-0.2, -0.15) is 0 Å². The fraction of sp³-hybridized carbons (Fsp3) is 0.667. The maximum Gasteiger partial charge on any atom is 0.230 e. The third-order valence-corrected chi connectivity index (χ3v) is 7.16. The van der Waals surface area contributed by atoms with Gasteiger partial charge in [0.2, 0.25) is 5.91 Å². The molecule has 0 heterocycles. The summed E-state index contributed by atoms with van der Waals surface area (Å²) in [6.07, 6.45) is 6.35. The van der Waals surface area contributed by atoms with E-state index in [9.17, 15) is 4.79 Å². The molecule has 168 valence electrons. The van der Waals surface area contributed by atoms with Crippen molar-refractivity contribution in [3.05, 3.63) is 23.2 Å². The summed E-state index contributed by atoms with van der Waals surface area (Å²) < 4.78 is 5.96. The van der Waals surface area contributed by atoms with Gasteiger partial charge >= 0.3 is 0 Å². The predicted octanol–water partition coefficient (Wildman–Crippen LogP) is 8.02. The lowest BCUT2D eigenvalue weighted by atomic mass is 9.74. The summed E-state index contributed by atoms with van der Waals surface area (Å²) in [7, 11) is 0. The molecular formula is C24H35Cl2NO2S. The molecule has 0 aliphatic heterocycles. The number of thiocarbonyl (C=S) groups is 1. The maximum atomic E-state index is 13.6. The smallest absolute Gasteiger partial charge is 0.230 e. The topological polar surface area (TPSA) is 38.3 Å². The molecule has 3 nitrogen and oxygen atoms in total. The molecule has 0 spiro atoms. The first kappa shape index (κ1) is 25.4. The van der Waals surface area contributed by atoms with Gasteiger partial charge in [0, 0.05) is 27.3 Å². The number of nitrogens with one attached hydrogen (secondary N) is 1. The van der Waals surface area contributed by atoms with Crippen molar-refractivity contribution in [1.82, 2.24) is 0 Å². The molecule has 1 aromatic carbocycles. The number of benzene rings is 1. The number of ether oxygens (including phenoxy) is 1. The van der Waals surface area contributed by atoms with Crippen LogP contribution in [0.4, 0.5) is 5.69 Å². The predicted molar refractivity (Wildman–Crippen MR) is 132 cm³/mol. The normalized spacial score (nSPS) is 22.5. The second kappa shape index (κ2) is 10.7. The van der Waals surface area contributed by atoms with Crippen LogP contribution in [0.3, 0.4) is 0 Å². The number of amides is 1. The van der Waals surface area contributed by atoms with Gasteiger partial charge in [-0.15, -0.1) is 11.6 Å². The van der Waals surface area contributed by atoms with E-state index >= 15 is 0 Å². The van der Waals surface area contributed by atoms with Crippen LogP contribution in [-0.2, 0) is 4.79 Å². The molecule has 1 fully saturated rings. The lowest BCUT2D eigenvalue weighted by Crippen LogP contribution is -2.36. The molecular weight excluding hydrogens is 437 g/mol. The molecule has 1 N–H and O–H groups in total. The first-order valence-corrected chi connectivity index (χ1v) is 12.1. The SMILES string of the molecule is CC(C)CCC1(C(=O)Nc2ccc(Cl)cc2OC(=S)C(C)(C)C)CCC[C@H](Cl)CC1. The maximum absolute atomic E-state index is 13.6. The number of carbonyl (C=O) groups excluding carboxylic acids is 1. The van der Waals surface area contributed by atoms with Gasteiger partial charge in [0.15, 0.2) is 10.8 Å². The molecule has 1 saturated carbocycles. The Labute approximate surface area is 197 Å². The van der Waals surface area contributed by atoms with E-state index in [0.29, 0.717) is 27.4 Å². The average molecular weight is 473 g/mol. The van der Waals surface area contributed by atoms with Crippen LogP contribution in [0.15, 0.2) is 18.2 Å². The van der Waals surface area contributed by atoms with Gasteiger partial charge < -0.3 is 10.1 Å². The van der Waals surface area contributed by atoms with E-state index in [4.69, 9.17) is 40.2 Å². The van der Waals surface area contributed by atoms with Crippen LogP contribution in [0.2, 0.25) is 5.02 Å². The van der Waals surface area contributed by atoms with Crippen LogP contribution in [-0.4, -0.2) is 16.3 Å². The van der Waals surface area contributed by atoms with Crippen molar-refractivity contribution in [3.63, 3.8) is 0 Å². The zero-order valence-electron chi connectivity index (χ0n) is 18.8. The molecule has 1 amide bonds. The van der Waals surface area contributed by atoms with Crippen molar-refractivity contribution in [1.29, 1.82) is 0 Å². The van der Waals surface area contributed by atoms with Gasteiger partial charge in [-0.3, -0.25) is 4.79 Å². The highest BCUT2D eigenvalue weighted by Gasteiger charge is 2.40. The first-order valence-electron chi connectivity index (χ1n) is 10.9. The van der Waals surface area contributed by atoms with Crippen molar-refractivity contribution < 1.29 is 9.53 Å². The number of hydrogen-bond acceptors (Lipinski definition) is 3. The highest BCUT2D eigenvalue weighted by Crippen LogP contribution is 2.43. The highest BCUT2D eigenvalue weighted by atomic mass is 35.5. The number of hydrogen-bond donors (Lipinski definition) is 1. The number of alkyl halides is 1. The number of carbonyl (C=O) groups is 1. The standard InChI is InChI=1S/C24H35Cl2NO2S/c1-16(2)10-13-24(12-6-7-17(25)11-14-24)21(28)27-19-9-8-18(26)15-20(19)29-22(30)23(3,4)5/h8-9,15-17H,6-7,10-14H2,1-5H3,(H,27,28)/t17-,24?/m0/s1. The minimum absolute atomic E-state index is 0.0442. The van der Waals surface area contributed by atoms with Crippen LogP contribution in [0.25, 0.3) is 0 Å². The Balaban J connectivity index is 2.29. The molecule has 30 heavy (non-hydrogen) atoms. The Morgan fingerprint density at radius 1 is 1.30 bits per heavy atom. The van der Waals surface area contributed by atoms with Gasteiger partial charge in [0.1, 0.15) is 0 Å². The van der Waals surface area contributed by atoms with Crippen molar-refractivity contribution in [3.8, 4) is 5.75 Å². The first-order chi connectivity index (χ1) is 13.9. The zero-order chi connectivity index (χ0) is 22.5. The van der Waals surface area contributed by atoms with Crippen LogP contribution in [0.1, 0.15) is 79.6 Å². The molecule has 1 aliphatic carbocycles. The number of anilines is 1.